The van der Waals surface area contributed by atoms with Gasteiger partial charge in [0.25, 0.3) is 11.6 Å². The van der Waals surface area contributed by atoms with Crippen molar-refractivity contribution in [1.29, 1.82) is 0 Å². The van der Waals surface area contributed by atoms with Crippen LogP contribution in [-0.2, 0) is 14.8 Å². The van der Waals surface area contributed by atoms with Crippen LogP contribution in [0.4, 0.5) is 5.69 Å². The average Bonchev–Trinajstić information content (AvgIpc) is 3.42. The van der Waals surface area contributed by atoms with Crippen LogP contribution in [-0.4, -0.2) is 54.3 Å². The Labute approximate surface area is 229 Å². The number of amides is 1. The summed E-state index contributed by atoms with van der Waals surface area (Å²) in [6, 6.07) is 9.74. The summed E-state index contributed by atoms with van der Waals surface area (Å²) < 4.78 is 41.8. The topological polar surface area (TPSA) is 155 Å². The Morgan fingerprint density at radius 1 is 1.26 bits per heavy atom. The Morgan fingerprint density at radius 3 is 2.72 bits per heavy atom. The molecule has 1 aliphatic heterocycles. The second kappa shape index (κ2) is 10.9. The Hall–Kier alpha value is -3.52. The lowest BCUT2D eigenvalue weighted by atomic mass is 10.2. The monoisotopic (exact) mass is 575 g/mol. The van der Waals surface area contributed by atoms with Crippen LogP contribution < -0.4 is 14.8 Å². The summed E-state index contributed by atoms with van der Waals surface area (Å²) in [4.78, 5) is 23.4. The van der Waals surface area contributed by atoms with Crippen LogP contribution in [0, 0.1) is 17.0 Å². The van der Waals surface area contributed by atoms with Gasteiger partial charge >= 0.3 is 0 Å². The van der Waals surface area contributed by atoms with E-state index < -0.39 is 31.4 Å². The van der Waals surface area contributed by atoms with Gasteiger partial charge in [-0.25, -0.2) is 13.1 Å². The molecule has 2 aliphatic rings. The van der Waals surface area contributed by atoms with Crippen molar-refractivity contribution in [2.75, 3.05) is 13.2 Å². The number of carbonyl (C=O) groups is 1. The SMILES string of the molecule is Cc1c(C(=O)NCC2CCCO2)nn(-c2cccc(Cl)c2)c1Oc1ccc([N+](=O)[O-])cc1S(=O)(=O)NC1CC1. The minimum atomic E-state index is -4.15. The minimum absolute atomic E-state index is 0.0521. The highest BCUT2D eigenvalue weighted by atomic mass is 35.5. The second-order valence-electron chi connectivity index (χ2n) is 9.40. The molecule has 14 heteroatoms. The van der Waals surface area contributed by atoms with Crippen LogP contribution in [0.3, 0.4) is 0 Å². The summed E-state index contributed by atoms with van der Waals surface area (Å²) in [5, 5.41) is 19.1. The number of nitrogens with zero attached hydrogens (tertiary/aromatic N) is 3. The highest BCUT2D eigenvalue weighted by molar-refractivity contribution is 7.89. The third-order valence-corrected chi connectivity index (χ3v) is 8.16. The predicted molar refractivity (Wildman–Crippen MR) is 141 cm³/mol. The van der Waals surface area contributed by atoms with Crippen molar-refractivity contribution in [3.8, 4) is 17.3 Å². The van der Waals surface area contributed by atoms with Crippen molar-refractivity contribution >= 4 is 33.2 Å². The quantitative estimate of drug-likeness (QED) is 0.272. The molecule has 1 aromatic heterocycles. The molecule has 1 aliphatic carbocycles. The number of halogens is 1. The maximum atomic E-state index is 13.1. The lowest BCUT2D eigenvalue weighted by molar-refractivity contribution is -0.385. The molecule has 2 N–H and O–H groups in total. The van der Waals surface area contributed by atoms with Gasteiger partial charge in [-0.3, -0.25) is 14.9 Å². The van der Waals surface area contributed by atoms with Gasteiger partial charge in [0, 0.05) is 41.9 Å². The molecular formula is C25H26ClN5O7S. The lowest BCUT2D eigenvalue weighted by Gasteiger charge is -2.14. The number of sulfonamides is 1. The van der Waals surface area contributed by atoms with E-state index in [1.54, 1.807) is 31.2 Å². The molecule has 3 aromatic rings. The van der Waals surface area contributed by atoms with E-state index in [0.29, 0.717) is 42.3 Å². The van der Waals surface area contributed by atoms with Crippen molar-refractivity contribution in [2.24, 2.45) is 0 Å². The number of carbonyl (C=O) groups excluding carboxylic acids is 1. The van der Waals surface area contributed by atoms with Crippen LogP contribution in [0.15, 0.2) is 47.4 Å². The first kappa shape index (κ1) is 27.1. The third-order valence-electron chi connectivity index (χ3n) is 6.38. The summed E-state index contributed by atoms with van der Waals surface area (Å²) >= 11 is 6.20. The van der Waals surface area contributed by atoms with E-state index in [1.165, 1.54) is 10.7 Å². The summed E-state index contributed by atoms with van der Waals surface area (Å²) in [6.07, 6.45) is 3.05. The van der Waals surface area contributed by atoms with Crippen LogP contribution in [0.25, 0.3) is 5.69 Å². The zero-order valence-corrected chi connectivity index (χ0v) is 22.5. The number of aromatic nitrogens is 2. The minimum Gasteiger partial charge on any atom is -0.437 e. The molecule has 2 aromatic carbocycles. The number of nitro benzene ring substituents is 1. The van der Waals surface area contributed by atoms with Crippen LogP contribution >= 0.6 is 11.6 Å². The molecular weight excluding hydrogens is 550 g/mol. The van der Waals surface area contributed by atoms with Crippen molar-refractivity contribution in [1.82, 2.24) is 19.8 Å². The molecule has 2 fully saturated rings. The number of hydrogen-bond acceptors (Lipinski definition) is 8. The van der Waals surface area contributed by atoms with Gasteiger partial charge in [-0.15, -0.1) is 0 Å². The van der Waals surface area contributed by atoms with E-state index in [9.17, 15) is 23.3 Å². The van der Waals surface area contributed by atoms with Gasteiger partial charge in [-0.2, -0.15) is 9.78 Å². The van der Waals surface area contributed by atoms with E-state index in [2.05, 4.69) is 15.1 Å². The summed E-state index contributed by atoms with van der Waals surface area (Å²) in [5.74, 6) is -0.567. The summed E-state index contributed by atoms with van der Waals surface area (Å²) in [5.41, 5.74) is 0.441. The van der Waals surface area contributed by atoms with Crippen molar-refractivity contribution < 1.29 is 27.6 Å². The van der Waals surface area contributed by atoms with E-state index in [-0.39, 0.29) is 29.5 Å². The molecule has 1 amide bonds. The number of benzene rings is 2. The zero-order chi connectivity index (χ0) is 27.7. The summed E-state index contributed by atoms with van der Waals surface area (Å²) in [7, 11) is -4.15. The Morgan fingerprint density at radius 2 is 2.05 bits per heavy atom. The molecule has 0 radical (unpaired) electrons. The Bertz CT molecular complexity index is 1530. The molecule has 1 saturated heterocycles. The fraction of sp³-hybridized carbons (Fsp3) is 0.360. The Balaban J connectivity index is 1.56. The molecule has 2 heterocycles. The van der Waals surface area contributed by atoms with Crippen LogP contribution in [0.2, 0.25) is 5.02 Å². The first-order valence-electron chi connectivity index (χ1n) is 12.4. The predicted octanol–water partition coefficient (Wildman–Crippen LogP) is 3.88. The molecule has 1 unspecified atom stereocenters. The fourth-order valence-electron chi connectivity index (χ4n) is 4.19. The van der Waals surface area contributed by atoms with Crippen LogP contribution in [0.1, 0.15) is 41.7 Å². The highest BCUT2D eigenvalue weighted by Crippen LogP contribution is 2.36. The molecule has 0 spiro atoms. The van der Waals surface area contributed by atoms with Crippen molar-refractivity contribution in [3.05, 3.63) is 68.9 Å². The number of ether oxygens (including phenoxy) is 2. The fourth-order valence-corrected chi connectivity index (χ4v) is 5.82. The summed E-state index contributed by atoms with van der Waals surface area (Å²) in [6.45, 7) is 2.58. The Kier molecular flexibility index (Phi) is 7.58. The number of rotatable bonds is 10. The number of hydrogen-bond donors (Lipinski definition) is 2. The third kappa shape index (κ3) is 6.06. The van der Waals surface area contributed by atoms with E-state index in [1.807, 2.05) is 0 Å². The maximum Gasteiger partial charge on any atom is 0.272 e. The smallest absolute Gasteiger partial charge is 0.272 e. The molecule has 12 nitrogen and oxygen atoms in total. The van der Waals surface area contributed by atoms with Gasteiger partial charge in [0.15, 0.2) is 5.69 Å². The highest BCUT2D eigenvalue weighted by Gasteiger charge is 2.32. The molecule has 5 rings (SSSR count). The van der Waals surface area contributed by atoms with Gasteiger partial charge in [-0.1, -0.05) is 17.7 Å². The van der Waals surface area contributed by atoms with Gasteiger partial charge in [0.2, 0.25) is 15.9 Å². The normalized spacial score (nSPS) is 17.2. The standard InChI is InChI=1S/C25H26ClN5O7S/c1-15-23(24(32)27-14-20-6-3-11-37-20)28-30(18-5-2-4-16(26)12-18)25(15)38-21-10-9-19(31(33)34)13-22(21)39(35,36)29-17-7-8-17/h2,4-5,9-10,12-13,17,20,29H,3,6-8,11,14H2,1H3,(H,27,32). The number of non-ortho nitro benzene ring substituents is 1. The van der Waals surface area contributed by atoms with E-state index in [0.717, 1.165) is 25.0 Å². The van der Waals surface area contributed by atoms with Gasteiger partial charge < -0.3 is 14.8 Å². The van der Waals surface area contributed by atoms with Crippen molar-refractivity contribution in [2.45, 2.75) is 49.6 Å². The average molecular weight is 576 g/mol. The van der Waals surface area contributed by atoms with Gasteiger partial charge in [0.05, 0.1) is 16.7 Å². The largest absolute Gasteiger partial charge is 0.437 e. The maximum absolute atomic E-state index is 13.1. The molecule has 0 bridgehead atoms. The first-order chi connectivity index (χ1) is 18.6. The first-order valence-corrected chi connectivity index (χ1v) is 14.2. The molecule has 206 valence electrons. The molecule has 1 atom stereocenters. The lowest BCUT2D eigenvalue weighted by Crippen LogP contribution is -2.32. The van der Waals surface area contributed by atoms with Gasteiger partial charge in [-0.05, 0) is 56.9 Å². The second-order valence-corrected chi connectivity index (χ2v) is 11.5. The molecule has 39 heavy (non-hydrogen) atoms. The van der Waals surface area contributed by atoms with E-state index >= 15 is 0 Å². The number of nitrogens with one attached hydrogen (secondary N) is 2. The molecule has 1 saturated carbocycles. The van der Waals surface area contributed by atoms with E-state index in [4.69, 9.17) is 21.1 Å². The van der Waals surface area contributed by atoms with Gasteiger partial charge in [0.1, 0.15) is 10.6 Å². The van der Waals surface area contributed by atoms with Crippen molar-refractivity contribution in [3.63, 3.8) is 0 Å². The zero-order valence-electron chi connectivity index (χ0n) is 20.9. The number of nitro groups is 1. The van der Waals surface area contributed by atoms with Crippen LogP contribution in [0.5, 0.6) is 11.6 Å².